The van der Waals surface area contributed by atoms with Crippen molar-refractivity contribution in [1.82, 2.24) is 10.6 Å². The third kappa shape index (κ3) is 5.55. The average Bonchev–Trinajstić information content (AvgIpc) is 3.04. The summed E-state index contributed by atoms with van der Waals surface area (Å²) in [6.07, 6.45) is 1.42. The molecule has 8 heteroatoms. The molecule has 5 rings (SSSR count). The van der Waals surface area contributed by atoms with Crippen molar-refractivity contribution in [3.63, 3.8) is 0 Å². The quantitative estimate of drug-likeness (QED) is 0.465. The molecule has 2 N–H and O–H groups in total. The molecule has 0 bridgehead atoms. The van der Waals surface area contributed by atoms with Gasteiger partial charge in [-0.05, 0) is 80.9 Å². The number of anilines is 1. The summed E-state index contributed by atoms with van der Waals surface area (Å²) in [4.78, 5) is 42.9. The van der Waals surface area contributed by atoms with Gasteiger partial charge in [0.25, 0.3) is 11.8 Å². The van der Waals surface area contributed by atoms with Crippen LogP contribution in [0.15, 0.2) is 76.5 Å². The molecule has 190 valence electrons. The van der Waals surface area contributed by atoms with Gasteiger partial charge in [0.05, 0.1) is 24.4 Å². The zero-order chi connectivity index (χ0) is 25.8. The van der Waals surface area contributed by atoms with E-state index in [1.807, 2.05) is 61.5 Å². The number of hydrogen-bond acceptors (Lipinski definition) is 6. The standard InChI is InChI=1S/C29H29N3O4S/c1-2-36-22-10-7-19(8-11-22)18-32-24-17-21(28(34)31-27(33)20-13-15-30-16-14-20)9-12-26(24)37-25-6-4-3-5-23(25)29(32)35/h3-12,17,20,30H,2,13-16,18H2,1H3,(H,31,33,34). The van der Waals surface area contributed by atoms with Crippen molar-refractivity contribution >= 4 is 35.2 Å². The summed E-state index contributed by atoms with van der Waals surface area (Å²) in [5.41, 5.74) is 2.53. The summed E-state index contributed by atoms with van der Waals surface area (Å²) in [7, 11) is 0. The van der Waals surface area contributed by atoms with Crippen LogP contribution in [0.3, 0.4) is 0 Å². The number of benzene rings is 3. The molecule has 0 radical (unpaired) electrons. The fourth-order valence-electron chi connectivity index (χ4n) is 4.63. The van der Waals surface area contributed by atoms with Crippen molar-refractivity contribution in [3.05, 3.63) is 83.4 Å². The maximum Gasteiger partial charge on any atom is 0.259 e. The van der Waals surface area contributed by atoms with Crippen molar-refractivity contribution < 1.29 is 19.1 Å². The van der Waals surface area contributed by atoms with E-state index < -0.39 is 5.91 Å². The number of carbonyl (C=O) groups is 3. The molecule has 0 unspecified atom stereocenters. The Hall–Kier alpha value is -3.62. The first-order valence-corrected chi connectivity index (χ1v) is 13.4. The van der Waals surface area contributed by atoms with Gasteiger partial charge in [0, 0.05) is 21.3 Å². The van der Waals surface area contributed by atoms with Gasteiger partial charge in [0.15, 0.2) is 0 Å². The molecule has 0 aromatic heterocycles. The summed E-state index contributed by atoms with van der Waals surface area (Å²) in [6, 6.07) is 20.5. The minimum Gasteiger partial charge on any atom is -0.494 e. The van der Waals surface area contributed by atoms with Crippen molar-refractivity contribution in [3.8, 4) is 5.75 Å². The molecule has 2 heterocycles. The highest BCUT2D eigenvalue weighted by atomic mass is 32.2. The van der Waals surface area contributed by atoms with Crippen LogP contribution in [-0.4, -0.2) is 37.4 Å². The Bertz CT molecular complexity index is 1320. The van der Waals surface area contributed by atoms with E-state index in [0.717, 1.165) is 34.2 Å². The molecular weight excluding hydrogens is 486 g/mol. The van der Waals surface area contributed by atoms with E-state index in [1.54, 1.807) is 17.0 Å². The molecule has 37 heavy (non-hydrogen) atoms. The zero-order valence-corrected chi connectivity index (χ0v) is 21.5. The Balaban J connectivity index is 1.46. The minimum absolute atomic E-state index is 0.140. The van der Waals surface area contributed by atoms with Gasteiger partial charge in [0.2, 0.25) is 5.91 Å². The molecule has 7 nitrogen and oxygen atoms in total. The number of hydrogen-bond donors (Lipinski definition) is 2. The normalized spacial score (nSPS) is 15.4. The monoisotopic (exact) mass is 515 g/mol. The Labute approximate surface area is 220 Å². The summed E-state index contributed by atoms with van der Waals surface area (Å²) >= 11 is 1.50. The smallest absolute Gasteiger partial charge is 0.259 e. The van der Waals surface area contributed by atoms with Gasteiger partial charge in [-0.3, -0.25) is 19.7 Å². The van der Waals surface area contributed by atoms with Crippen LogP contribution in [0.2, 0.25) is 0 Å². The van der Waals surface area contributed by atoms with Gasteiger partial charge in [-0.25, -0.2) is 0 Å². The summed E-state index contributed by atoms with van der Waals surface area (Å²) in [5, 5.41) is 5.80. The maximum absolute atomic E-state index is 13.8. The van der Waals surface area contributed by atoms with Gasteiger partial charge in [-0.2, -0.15) is 0 Å². The molecule has 2 aliphatic rings. The first kappa shape index (κ1) is 25.0. The molecule has 3 aromatic carbocycles. The van der Waals surface area contributed by atoms with E-state index in [-0.39, 0.29) is 17.7 Å². The zero-order valence-electron chi connectivity index (χ0n) is 20.7. The number of fused-ring (bicyclic) bond motifs is 2. The van der Waals surface area contributed by atoms with Gasteiger partial charge in [-0.15, -0.1) is 0 Å². The van der Waals surface area contributed by atoms with E-state index in [1.165, 1.54) is 11.8 Å². The lowest BCUT2D eigenvalue weighted by Gasteiger charge is -2.24. The lowest BCUT2D eigenvalue weighted by molar-refractivity contribution is -0.124. The minimum atomic E-state index is -0.452. The predicted octanol–water partition coefficient (Wildman–Crippen LogP) is 4.65. The molecule has 1 fully saturated rings. The number of piperidine rings is 1. The lowest BCUT2D eigenvalue weighted by Crippen LogP contribution is -2.40. The van der Waals surface area contributed by atoms with Gasteiger partial charge in [0.1, 0.15) is 5.75 Å². The Morgan fingerprint density at radius 3 is 2.54 bits per heavy atom. The summed E-state index contributed by atoms with van der Waals surface area (Å²) < 4.78 is 5.55. The molecule has 0 spiro atoms. The summed E-state index contributed by atoms with van der Waals surface area (Å²) in [5.74, 6) is -0.239. The van der Waals surface area contributed by atoms with Crippen molar-refractivity contribution in [1.29, 1.82) is 0 Å². The van der Waals surface area contributed by atoms with E-state index in [4.69, 9.17) is 4.74 Å². The Morgan fingerprint density at radius 2 is 1.78 bits per heavy atom. The van der Waals surface area contributed by atoms with E-state index in [2.05, 4.69) is 10.6 Å². The molecule has 0 saturated carbocycles. The molecule has 0 aliphatic carbocycles. The van der Waals surface area contributed by atoms with Crippen molar-refractivity contribution in [2.75, 3.05) is 24.6 Å². The Kier molecular flexibility index (Phi) is 7.58. The van der Waals surface area contributed by atoms with Crippen LogP contribution in [0.5, 0.6) is 5.75 Å². The first-order chi connectivity index (χ1) is 18.0. The summed E-state index contributed by atoms with van der Waals surface area (Å²) in [6.45, 7) is 4.38. The fourth-order valence-corrected chi connectivity index (χ4v) is 5.69. The van der Waals surface area contributed by atoms with Crippen molar-refractivity contribution in [2.24, 2.45) is 5.92 Å². The number of nitrogens with zero attached hydrogens (tertiary/aromatic N) is 1. The average molecular weight is 516 g/mol. The van der Waals surface area contributed by atoms with Gasteiger partial charge in [-0.1, -0.05) is 36.0 Å². The van der Waals surface area contributed by atoms with Crippen LogP contribution in [0.1, 0.15) is 46.0 Å². The van der Waals surface area contributed by atoms with Crippen LogP contribution in [0.25, 0.3) is 0 Å². The largest absolute Gasteiger partial charge is 0.494 e. The van der Waals surface area contributed by atoms with E-state index in [9.17, 15) is 14.4 Å². The third-order valence-corrected chi connectivity index (χ3v) is 7.76. The highest BCUT2D eigenvalue weighted by Gasteiger charge is 2.29. The Morgan fingerprint density at radius 1 is 1.03 bits per heavy atom. The molecule has 0 atom stereocenters. The van der Waals surface area contributed by atoms with Crippen LogP contribution in [0.4, 0.5) is 5.69 Å². The molecule has 1 saturated heterocycles. The third-order valence-electron chi connectivity index (χ3n) is 6.62. The number of nitrogens with one attached hydrogen (secondary N) is 2. The van der Waals surface area contributed by atoms with E-state index in [0.29, 0.717) is 42.8 Å². The second-order valence-corrected chi connectivity index (χ2v) is 10.2. The van der Waals surface area contributed by atoms with Gasteiger partial charge >= 0.3 is 0 Å². The van der Waals surface area contributed by atoms with E-state index >= 15 is 0 Å². The lowest BCUT2D eigenvalue weighted by atomic mass is 9.97. The molecular formula is C29H29N3O4S. The topological polar surface area (TPSA) is 87.7 Å². The van der Waals surface area contributed by atoms with Gasteiger partial charge < -0.3 is 15.0 Å². The second kappa shape index (κ2) is 11.2. The maximum atomic E-state index is 13.8. The molecule has 3 amide bonds. The highest BCUT2D eigenvalue weighted by molar-refractivity contribution is 7.99. The number of carbonyl (C=O) groups excluding carboxylic acids is 3. The van der Waals surface area contributed by atoms with Crippen molar-refractivity contribution in [2.45, 2.75) is 36.1 Å². The first-order valence-electron chi connectivity index (χ1n) is 12.5. The number of rotatable bonds is 6. The molecule has 2 aliphatic heterocycles. The fraction of sp³-hybridized carbons (Fsp3) is 0.276. The number of ether oxygens (including phenoxy) is 1. The van der Waals surface area contributed by atoms with Crippen LogP contribution in [0, 0.1) is 5.92 Å². The number of imide groups is 1. The second-order valence-electron chi connectivity index (χ2n) is 9.09. The predicted molar refractivity (Wildman–Crippen MR) is 143 cm³/mol. The molecule has 3 aromatic rings. The SMILES string of the molecule is CCOc1ccc(CN2C(=O)c3ccccc3Sc3ccc(C(=O)NC(=O)C4CCNCC4)cc32)cc1. The highest BCUT2D eigenvalue weighted by Crippen LogP contribution is 2.42. The number of amides is 3. The van der Waals surface area contributed by atoms with Crippen LogP contribution < -0.4 is 20.3 Å². The van der Waals surface area contributed by atoms with Crippen LogP contribution >= 0.6 is 11.8 Å². The van der Waals surface area contributed by atoms with Crippen LogP contribution in [-0.2, 0) is 11.3 Å².